The quantitative estimate of drug-likeness (QED) is 0.430. The molecule has 3 N–H and O–H groups in total. The molecule has 0 amide bonds. The van der Waals surface area contributed by atoms with Gasteiger partial charge in [-0.1, -0.05) is 78.9 Å². The molecule has 5 rings (SSSR count). The highest BCUT2D eigenvalue weighted by molar-refractivity contribution is 5.63. The fraction of sp³-hybridized carbons (Fsp3) is 0.192. The minimum Gasteiger partial charge on any atom is -0.312 e. The summed E-state index contributed by atoms with van der Waals surface area (Å²) < 4.78 is 1.98. The Balaban J connectivity index is 1.33. The van der Waals surface area contributed by atoms with Crippen molar-refractivity contribution < 1.29 is 0 Å². The van der Waals surface area contributed by atoms with Crippen molar-refractivity contribution in [3.8, 4) is 16.9 Å². The Labute approximate surface area is 183 Å². The first-order valence-electron chi connectivity index (χ1n) is 10.8. The second kappa shape index (κ2) is 9.27. The zero-order valence-corrected chi connectivity index (χ0v) is 17.4. The summed E-state index contributed by atoms with van der Waals surface area (Å²) in [6.45, 7) is 2.64. The Morgan fingerprint density at radius 2 is 1.55 bits per heavy atom. The zero-order valence-electron chi connectivity index (χ0n) is 17.4. The van der Waals surface area contributed by atoms with E-state index in [1.165, 1.54) is 11.1 Å². The Morgan fingerprint density at radius 1 is 0.871 bits per heavy atom. The number of hydrogen-bond acceptors (Lipinski definition) is 4. The van der Waals surface area contributed by atoms with Crippen LogP contribution in [0.15, 0.2) is 97.2 Å². The molecule has 0 bridgehead atoms. The van der Waals surface area contributed by atoms with E-state index in [1.54, 1.807) is 0 Å². The molecule has 2 heterocycles. The lowest BCUT2D eigenvalue weighted by Gasteiger charge is -2.19. The predicted molar refractivity (Wildman–Crippen MR) is 125 cm³/mol. The van der Waals surface area contributed by atoms with Crippen LogP contribution in [-0.2, 0) is 6.54 Å². The molecule has 0 radical (unpaired) electrons. The van der Waals surface area contributed by atoms with Crippen molar-refractivity contribution in [2.75, 3.05) is 13.1 Å². The first-order chi connectivity index (χ1) is 15.4. The second-order valence-electron chi connectivity index (χ2n) is 7.95. The summed E-state index contributed by atoms with van der Waals surface area (Å²) >= 11 is 0. The summed E-state index contributed by atoms with van der Waals surface area (Å²) in [7, 11) is 0. The maximum atomic E-state index is 4.92. The maximum Gasteiger partial charge on any atom is 0.0972 e. The van der Waals surface area contributed by atoms with Gasteiger partial charge in [0.2, 0.25) is 0 Å². The molecule has 1 saturated heterocycles. The van der Waals surface area contributed by atoms with Crippen molar-refractivity contribution in [2.45, 2.75) is 12.6 Å². The lowest BCUT2D eigenvalue weighted by Crippen LogP contribution is -2.28. The SMILES string of the molecule is c1ccc(-c2nn(-c3ccccc3)cc2CNCC2CNNC2c2ccccc2)cc1. The third kappa shape index (κ3) is 4.44. The molecule has 1 aromatic heterocycles. The molecule has 3 aromatic carbocycles. The summed E-state index contributed by atoms with van der Waals surface area (Å²) in [5.41, 5.74) is 12.5. The first kappa shape index (κ1) is 19.7. The molecule has 5 heteroatoms. The van der Waals surface area contributed by atoms with Crippen LogP contribution < -0.4 is 16.2 Å². The number of nitrogens with one attached hydrogen (secondary N) is 3. The molecule has 1 aliphatic rings. The average molecular weight is 410 g/mol. The molecule has 0 spiro atoms. The first-order valence-corrected chi connectivity index (χ1v) is 10.8. The third-order valence-electron chi connectivity index (χ3n) is 5.83. The lowest BCUT2D eigenvalue weighted by molar-refractivity contribution is 0.442. The van der Waals surface area contributed by atoms with Gasteiger partial charge >= 0.3 is 0 Å². The van der Waals surface area contributed by atoms with Crippen molar-refractivity contribution in [3.63, 3.8) is 0 Å². The van der Waals surface area contributed by atoms with E-state index in [9.17, 15) is 0 Å². The van der Waals surface area contributed by atoms with Gasteiger partial charge < -0.3 is 5.32 Å². The molecule has 5 nitrogen and oxygen atoms in total. The average Bonchev–Trinajstić information content (AvgIpc) is 3.48. The number of aromatic nitrogens is 2. The van der Waals surface area contributed by atoms with Crippen LogP contribution in [0.5, 0.6) is 0 Å². The van der Waals surface area contributed by atoms with Gasteiger partial charge in [0.15, 0.2) is 0 Å². The normalized spacial score (nSPS) is 18.3. The summed E-state index contributed by atoms with van der Waals surface area (Å²) in [6, 6.07) is 31.7. The van der Waals surface area contributed by atoms with E-state index in [2.05, 4.69) is 89.1 Å². The molecule has 0 aliphatic carbocycles. The van der Waals surface area contributed by atoms with Gasteiger partial charge in [0, 0.05) is 42.9 Å². The van der Waals surface area contributed by atoms with Crippen LogP contribution in [0, 0.1) is 5.92 Å². The summed E-state index contributed by atoms with van der Waals surface area (Å²) in [5, 5.41) is 8.60. The molecule has 31 heavy (non-hydrogen) atoms. The number of benzene rings is 3. The van der Waals surface area contributed by atoms with Gasteiger partial charge in [-0.2, -0.15) is 5.10 Å². The summed E-state index contributed by atoms with van der Waals surface area (Å²) in [5.74, 6) is 0.478. The van der Waals surface area contributed by atoms with Crippen molar-refractivity contribution >= 4 is 0 Å². The van der Waals surface area contributed by atoms with Gasteiger partial charge in [-0.25, -0.2) is 10.1 Å². The molecule has 0 saturated carbocycles. The van der Waals surface area contributed by atoms with E-state index < -0.39 is 0 Å². The number of hydrogen-bond donors (Lipinski definition) is 3. The highest BCUT2D eigenvalue weighted by Gasteiger charge is 2.27. The van der Waals surface area contributed by atoms with Crippen molar-refractivity contribution in [2.24, 2.45) is 5.92 Å². The number of nitrogens with zero attached hydrogens (tertiary/aromatic N) is 2. The minimum absolute atomic E-state index is 0.314. The van der Waals surface area contributed by atoms with E-state index in [0.717, 1.165) is 36.6 Å². The van der Waals surface area contributed by atoms with Crippen molar-refractivity contribution in [1.82, 2.24) is 25.9 Å². The minimum atomic E-state index is 0.314. The van der Waals surface area contributed by atoms with E-state index in [0.29, 0.717) is 12.0 Å². The van der Waals surface area contributed by atoms with Gasteiger partial charge in [0.05, 0.1) is 17.4 Å². The molecule has 156 valence electrons. The predicted octanol–water partition coefficient (Wildman–Crippen LogP) is 4.09. The number of hydrazine groups is 1. The summed E-state index contributed by atoms with van der Waals surface area (Å²) in [4.78, 5) is 0. The third-order valence-corrected chi connectivity index (χ3v) is 5.83. The Kier molecular flexibility index (Phi) is 5.89. The van der Waals surface area contributed by atoms with Crippen molar-refractivity contribution in [1.29, 1.82) is 0 Å². The van der Waals surface area contributed by atoms with Crippen molar-refractivity contribution in [3.05, 3.63) is 108 Å². The topological polar surface area (TPSA) is 53.9 Å². The van der Waals surface area contributed by atoms with E-state index in [4.69, 9.17) is 5.10 Å². The van der Waals surface area contributed by atoms with Crippen LogP contribution in [0.3, 0.4) is 0 Å². The van der Waals surface area contributed by atoms with Gasteiger partial charge in [-0.05, 0) is 17.7 Å². The molecule has 2 unspecified atom stereocenters. The summed E-state index contributed by atoms with van der Waals surface area (Å²) in [6.07, 6.45) is 2.14. The van der Waals surface area contributed by atoms with E-state index in [1.807, 2.05) is 28.9 Å². The van der Waals surface area contributed by atoms with Crippen LogP contribution in [0.4, 0.5) is 0 Å². The maximum absolute atomic E-state index is 4.92. The zero-order chi connectivity index (χ0) is 20.9. The van der Waals surface area contributed by atoms with Gasteiger partial charge in [0.1, 0.15) is 0 Å². The molecule has 4 aromatic rings. The number of rotatable bonds is 7. The molecule has 2 atom stereocenters. The van der Waals surface area contributed by atoms with Gasteiger partial charge in [-0.3, -0.25) is 5.43 Å². The highest BCUT2D eigenvalue weighted by Crippen LogP contribution is 2.26. The fourth-order valence-corrected chi connectivity index (χ4v) is 4.22. The van der Waals surface area contributed by atoms with Crippen LogP contribution in [-0.4, -0.2) is 22.9 Å². The monoisotopic (exact) mass is 409 g/mol. The van der Waals surface area contributed by atoms with E-state index >= 15 is 0 Å². The van der Waals surface area contributed by atoms with Gasteiger partial charge in [0.25, 0.3) is 0 Å². The Hall–Kier alpha value is -3.25. The lowest BCUT2D eigenvalue weighted by atomic mass is 9.95. The van der Waals surface area contributed by atoms with Crippen LogP contribution in [0.1, 0.15) is 17.2 Å². The standard InChI is InChI=1S/C26H27N5/c1-4-10-20(11-5-1)25-22(18-28-29-25)16-27-17-23-19-31(24-14-8-3-9-15-24)30-26(23)21-12-6-2-7-13-21/h1-15,19,22,25,27-29H,16-18H2. The largest absolute Gasteiger partial charge is 0.312 e. The van der Waals surface area contributed by atoms with Crippen LogP contribution in [0.2, 0.25) is 0 Å². The highest BCUT2D eigenvalue weighted by atomic mass is 15.4. The van der Waals surface area contributed by atoms with Crippen LogP contribution >= 0.6 is 0 Å². The Morgan fingerprint density at radius 3 is 2.29 bits per heavy atom. The fourth-order valence-electron chi connectivity index (χ4n) is 4.22. The second-order valence-corrected chi connectivity index (χ2v) is 7.95. The van der Waals surface area contributed by atoms with E-state index in [-0.39, 0.29) is 0 Å². The molecular weight excluding hydrogens is 382 g/mol. The molecule has 1 aliphatic heterocycles. The molecule has 1 fully saturated rings. The number of para-hydroxylation sites is 1. The Bertz CT molecular complexity index is 1090. The molecular formula is C26H27N5. The van der Waals surface area contributed by atoms with Crippen LogP contribution in [0.25, 0.3) is 16.9 Å². The van der Waals surface area contributed by atoms with Gasteiger partial charge in [-0.15, -0.1) is 0 Å². The smallest absolute Gasteiger partial charge is 0.0972 e.